The van der Waals surface area contributed by atoms with Gasteiger partial charge in [0.15, 0.2) is 0 Å². The summed E-state index contributed by atoms with van der Waals surface area (Å²) in [6.45, 7) is 4.69. The summed E-state index contributed by atoms with van der Waals surface area (Å²) >= 11 is 1.67. The summed E-state index contributed by atoms with van der Waals surface area (Å²) in [5, 5.41) is 3.24. The molecule has 0 amide bonds. The van der Waals surface area contributed by atoms with E-state index in [1.54, 1.807) is 17.7 Å². The van der Waals surface area contributed by atoms with E-state index in [0.29, 0.717) is 6.04 Å². The lowest BCUT2D eigenvalue weighted by Gasteiger charge is -2.36. The minimum absolute atomic E-state index is 0.432. The standard InChI is InChI=1S/C12H15N3OS/c1-2-9-7-16-5-4-15(9)11-10-3-6-17-12(10)14-8-13-11/h3,6,8-9H,2,4-5,7H2,1H3. The van der Waals surface area contributed by atoms with Gasteiger partial charge in [0.25, 0.3) is 0 Å². The molecule has 17 heavy (non-hydrogen) atoms. The number of nitrogens with zero attached hydrogens (tertiary/aromatic N) is 3. The van der Waals surface area contributed by atoms with Crippen LogP contribution in [0.1, 0.15) is 13.3 Å². The Morgan fingerprint density at radius 1 is 1.53 bits per heavy atom. The molecule has 0 saturated carbocycles. The van der Waals surface area contributed by atoms with Crippen LogP contribution >= 0.6 is 11.3 Å². The molecular formula is C12H15N3OS. The SMILES string of the molecule is CCC1COCCN1c1ncnc2sccc12. The van der Waals surface area contributed by atoms with Crippen molar-refractivity contribution < 1.29 is 4.74 Å². The van der Waals surface area contributed by atoms with Gasteiger partial charge < -0.3 is 9.64 Å². The Hall–Kier alpha value is -1.20. The molecular weight excluding hydrogens is 234 g/mol. The number of anilines is 1. The van der Waals surface area contributed by atoms with E-state index in [2.05, 4.69) is 33.2 Å². The molecule has 1 aliphatic heterocycles. The highest BCUT2D eigenvalue weighted by Crippen LogP contribution is 2.29. The van der Waals surface area contributed by atoms with Crippen molar-refractivity contribution in [3.05, 3.63) is 17.8 Å². The van der Waals surface area contributed by atoms with Crippen LogP contribution in [0.5, 0.6) is 0 Å². The number of thiophene rings is 1. The Morgan fingerprint density at radius 3 is 3.35 bits per heavy atom. The number of rotatable bonds is 2. The minimum atomic E-state index is 0.432. The minimum Gasteiger partial charge on any atom is -0.377 e. The van der Waals surface area contributed by atoms with E-state index in [4.69, 9.17) is 4.74 Å². The van der Waals surface area contributed by atoms with Gasteiger partial charge in [0.1, 0.15) is 17.0 Å². The van der Waals surface area contributed by atoms with E-state index < -0.39 is 0 Å². The van der Waals surface area contributed by atoms with Gasteiger partial charge in [0.05, 0.1) is 24.6 Å². The normalized spacial score (nSPS) is 21.0. The van der Waals surface area contributed by atoms with Gasteiger partial charge in [-0.3, -0.25) is 0 Å². The third-order valence-electron chi connectivity index (χ3n) is 3.21. The highest BCUT2D eigenvalue weighted by atomic mass is 32.1. The van der Waals surface area contributed by atoms with E-state index in [1.807, 2.05) is 0 Å². The lowest BCUT2D eigenvalue weighted by Crippen LogP contribution is -2.45. The van der Waals surface area contributed by atoms with E-state index in [-0.39, 0.29) is 0 Å². The molecule has 2 aromatic rings. The number of fused-ring (bicyclic) bond motifs is 1. The maximum absolute atomic E-state index is 5.54. The summed E-state index contributed by atoms with van der Waals surface area (Å²) in [5.74, 6) is 1.06. The summed E-state index contributed by atoms with van der Waals surface area (Å²) in [6, 6.07) is 2.54. The zero-order valence-electron chi connectivity index (χ0n) is 9.80. The first-order valence-electron chi connectivity index (χ1n) is 5.92. The summed E-state index contributed by atoms with van der Waals surface area (Å²) in [5.41, 5.74) is 0. The second-order valence-electron chi connectivity index (χ2n) is 4.17. The van der Waals surface area contributed by atoms with E-state index in [9.17, 15) is 0 Å². The molecule has 0 bridgehead atoms. The van der Waals surface area contributed by atoms with Crippen LogP contribution in [-0.4, -0.2) is 35.8 Å². The number of hydrogen-bond acceptors (Lipinski definition) is 5. The Morgan fingerprint density at radius 2 is 2.47 bits per heavy atom. The molecule has 1 unspecified atom stereocenters. The second kappa shape index (κ2) is 4.58. The van der Waals surface area contributed by atoms with Crippen molar-refractivity contribution in [2.45, 2.75) is 19.4 Å². The molecule has 5 heteroatoms. The first-order chi connectivity index (χ1) is 8.40. The Balaban J connectivity index is 2.04. The maximum atomic E-state index is 5.54. The first kappa shape index (κ1) is 10.9. The van der Waals surface area contributed by atoms with E-state index in [1.165, 1.54) is 0 Å². The van der Waals surface area contributed by atoms with Crippen molar-refractivity contribution >= 4 is 27.4 Å². The largest absolute Gasteiger partial charge is 0.377 e. The molecule has 4 nitrogen and oxygen atoms in total. The van der Waals surface area contributed by atoms with Gasteiger partial charge in [-0.2, -0.15) is 0 Å². The smallest absolute Gasteiger partial charge is 0.141 e. The molecule has 1 atom stereocenters. The van der Waals surface area contributed by atoms with E-state index >= 15 is 0 Å². The van der Waals surface area contributed by atoms with Gasteiger partial charge in [-0.25, -0.2) is 9.97 Å². The average molecular weight is 249 g/mol. The van der Waals surface area contributed by atoms with Crippen molar-refractivity contribution in [3.63, 3.8) is 0 Å². The molecule has 0 aliphatic carbocycles. The molecule has 1 aliphatic rings. The molecule has 0 spiro atoms. The highest BCUT2D eigenvalue weighted by Gasteiger charge is 2.24. The molecule has 0 N–H and O–H groups in total. The third-order valence-corrected chi connectivity index (χ3v) is 4.03. The van der Waals surface area contributed by atoms with Crippen molar-refractivity contribution in [2.24, 2.45) is 0 Å². The first-order valence-corrected chi connectivity index (χ1v) is 6.80. The zero-order chi connectivity index (χ0) is 11.7. The Bertz CT molecular complexity index is 513. The molecule has 0 aromatic carbocycles. The number of ether oxygens (including phenoxy) is 1. The molecule has 0 radical (unpaired) electrons. The van der Waals surface area contributed by atoms with Crippen LogP contribution < -0.4 is 4.90 Å². The third kappa shape index (κ3) is 1.89. The fourth-order valence-corrected chi connectivity index (χ4v) is 3.01. The van der Waals surface area contributed by atoms with Crippen molar-refractivity contribution in [2.75, 3.05) is 24.7 Å². The lowest BCUT2D eigenvalue weighted by atomic mass is 10.1. The van der Waals surface area contributed by atoms with Crippen LogP contribution in [0, 0.1) is 0 Å². The van der Waals surface area contributed by atoms with Crippen molar-refractivity contribution in [3.8, 4) is 0 Å². The summed E-state index contributed by atoms with van der Waals surface area (Å²) in [7, 11) is 0. The number of morpholine rings is 1. The average Bonchev–Trinajstić information content (AvgIpc) is 2.86. The summed E-state index contributed by atoms with van der Waals surface area (Å²) in [4.78, 5) is 12.2. The van der Waals surface area contributed by atoms with Crippen LogP contribution in [0.15, 0.2) is 17.8 Å². The Kier molecular flexibility index (Phi) is 2.94. The van der Waals surface area contributed by atoms with Crippen molar-refractivity contribution in [1.82, 2.24) is 9.97 Å². The van der Waals surface area contributed by atoms with Crippen LogP contribution in [-0.2, 0) is 4.74 Å². The zero-order valence-corrected chi connectivity index (χ0v) is 10.6. The maximum Gasteiger partial charge on any atom is 0.141 e. The van der Waals surface area contributed by atoms with Crippen LogP contribution in [0.4, 0.5) is 5.82 Å². The van der Waals surface area contributed by atoms with Crippen LogP contribution in [0.2, 0.25) is 0 Å². The molecule has 1 fully saturated rings. The van der Waals surface area contributed by atoms with Gasteiger partial charge in [-0.05, 0) is 17.9 Å². The van der Waals surface area contributed by atoms with Crippen LogP contribution in [0.3, 0.4) is 0 Å². The molecule has 3 heterocycles. The van der Waals surface area contributed by atoms with Crippen LogP contribution in [0.25, 0.3) is 10.2 Å². The monoisotopic (exact) mass is 249 g/mol. The molecule has 2 aromatic heterocycles. The second-order valence-corrected chi connectivity index (χ2v) is 5.06. The summed E-state index contributed by atoms with van der Waals surface area (Å²) < 4.78 is 5.54. The highest BCUT2D eigenvalue weighted by molar-refractivity contribution is 7.16. The molecule has 3 rings (SSSR count). The molecule has 90 valence electrons. The number of hydrogen-bond donors (Lipinski definition) is 0. The topological polar surface area (TPSA) is 38.2 Å². The predicted octanol–water partition coefficient (Wildman–Crippen LogP) is 2.31. The van der Waals surface area contributed by atoms with E-state index in [0.717, 1.165) is 42.2 Å². The number of aromatic nitrogens is 2. The Labute approximate surface area is 104 Å². The molecule has 1 saturated heterocycles. The van der Waals surface area contributed by atoms with Gasteiger partial charge in [-0.15, -0.1) is 11.3 Å². The fourth-order valence-electron chi connectivity index (χ4n) is 2.28. The lowest BCUT2D eigenvalue weighted by molar-refractivity contribution is 0.0927. The quantitative estimate of drug-likeness (QED) is 0.818. The van der Waals surface area contributed by atoms with Gasteiger partial charge >= 0.3 is 0 Å². The van der Waals surface area contributed by atoms with Gasteiger partial charge in [-0.1, -0.05) is 6.92 Å². The van der Waals surface area contributed by atoms with Gasteiger partial charge in [0.2, 0.25) is 0 Å². The summed E-state index contributed by atoms with van der Waals surface area (Å²) in [6.07, 6.45) is 2.74. The van der Waals surface area contributed by atoms with Crippen molar-refractivity contribution in [1.29, 1.82) is 0 Å². The van der Waals surface area contributed by atoms with Gasteiger partial charge in [0, 0.05) is 6.54 Å². The predicted molar refractivity (Wildman–Crippen MR) is 69.7 cm³/mol. The fraction of sp³-hybridized carbons (Fsp3) is 0.500.